The Bertz CT molecular complexity index is 1960. The summed E-state index contributed by atoms with van der Waals surface area (Å²) >= 11 is 9.32. The van der Waals surface area contributed by atoms with Crippen molar-refractivity contribution in [2.75, 3.05) is 0 Å². The Morgan fingerprint density at radius 2 is 0.689 bits per heavy atom. The zero-order valence-electron chi connectivity index (χ0n) is 38.4. The molecule has 7 heteroatoms. The van der Waals surface area contributed by atoms with E-state index in [1.165, 1.54) is 230 Å². The van der Waals surface area contributed by atoms with Gasteiger partial charge in [-0.05, 0) is 109 Å². The third-order valence-electron chi connectivity index (χ3n) is 12.7. The van der Waals surface area contributed by atoms with Crippen LogP contribution in [0, 0.1) is 0 Å². The molecule has 1 aromatic carbocycles. The molecule has 0 saturated heterocycles. The highest BCUT2D eigenvalue weighted by atomic mass is 32.1. The Kier molecular flexibility index (Phi) is 21.6. The van der Waals surface area contributed by atoms with E-state index < -0.39 is 0 Å². The lowest BCUT2D eigenvalue weighted by Crippen LogP contribution is -1.90. The molecule has 0 N–H and O–H groups in total. The van der Waals surface area contributed by atoms with E-state index in [-0.39, 0.29) is 0 Å². The number of hydrogen-bond donors (Lipinski definition) is 0. The van der Waals surface area contributed by atoms with Crippen LogP contribution < -0.4 is 0 Å². The highest BCUT2D eigenvalue weighted by molar-refractivity contribution is 7.24. The Labute approximate surface area is 391 Å². The maximum Gasteiger partial charge on any atom is 0.114 e. The highest BCUT2D eigenvalue weighted by Gasteiger charge is 2.23. The first-order chi connectivity index (χ1) is 30.2. The molecule has 0 saturated carbocycles. The number of nitrogens with zero attached hydrogens (tertiary/aromatic N) is 2. The largest absolute Gasteiger partial charge is 0.172 e. The molecule has 5 heterocycles. The molecule has 5 aromatic heterocycles. The van der Waals surface area contributed by atoms with Crippen molar-refractivity contribution in [1.29, 1.82) is 0 Å². The van der Waals surface area contributed by atoms with Gasteiger partial charge < -0.3 is 0 Å². The van der Waals surface area contributed by atoms with E-state index in [0.29, 0.717) is 0 Å². The topological polar surface area (TPSA) is 25.8 Å². The van der Waals surface area contributed by atoms with Gasteiger partial charge in [-0.2, -0.15) is 8.75 Å². The molecule has 0 aliphatic carbocycles. The third kappa shape index (κ3) is 14.2. The van der Waals surface area contributed by atoms with Crippen molar-refractivity contribution in [2.45, 2.75) is 207 Å². The van der Waals surface area contributed by atoms with Gasteiger partial charge in [-0.3, -0.25) is 0 Å². The number of benzene rings is 1. The summed E-state index contributed by atoms with van der Waals surface area (Å²) in [5, 5.41) is 4.66. The van der Waals surface area contributed by atoms with Crippen LogP contribution in [0.2, 0.25) is 0 Å². The summed E-state index contributed by atoms with van der Waals surface area (Å²) in [4.78, 5) is 8.72. The van der Waals surface area contributed by atoms with Gasteiger partial charge in [-0.25, -0.2) is 0 Å². The Morgan fingerprint density at radius 1 is 0.361 bits per heavy atom. The van der Waals surface area contributed by atoms with Crippen molar-refractivity contribution in [3.8, 4) is 40.4 Å². The van der Waals surface area contributed by atoms with Gasteiger partial charge in [0, 0.05) is 40.4 Å². The lowest BCUT2D eigenvalue weighted by atomic mass is 9.98. The first-order valence-electron chi connectivity index (χ1n) is 24.8. The van der Waals surface area contributed by atoms with Crippen LogP contribution in [0.25, 0.3) is 51.4 Å². The van der Waals surface area contributed by atoms with Gasteiger partial charge >= 0.3 is 0 Å². The number of thiophene rings is 4. The van der Waals surface area contributed by atoms with Gasteiger partial charge in [-0.1, -0.05) is 168 Å². The number of rotatable bonds is 32. The second-order valence-corrected chi connectivity index (χ2v) is 22.1. The zero-order chi connectivity index (χ0) is 42.5. The third-order valence-corrected chi connectivity index (χ3v) is 17.9. The van der Waals surface area contributed by atoms with Crippen LogP contribution in [0.15, 0.2) is 47.2 Å². The van der Waals surface area contributed by atoms with Crippen molar-refractivity contribution >= 4 is 68.1 Å². The minimum Gasteiger partial charge on any atom is -0.172 e. The summed E-state index contributed by atoms with van der Waals surface area (Å²) in [6.45, 7) is 9.25. The van der Waals surface area contributed by atoms with Gasteiger partial charge in [-0.15, -0.1) is 45.3 Å². The van der Waals surface area contributed by atoms with Crippen molar-refractivity contribution < 1.29 is 0 Å². The van der Waals surface area contributed by atoms with E-state index in [0.717, 1.165) is 23.9 Å². The number of aromatic nitrogens is 2. The van der Waals surface area contributed by atoms with E-state index in [4.69, 9.17) is 8.75 Å². The fourth-order valence-corrected chi connectivity index (χ4v) is 14.3. The van der Waals surface area contributed by atoms with E-state index in [1.807, 2.05) is 45.3 Å². The molecule has 0 bridgehead atoms. The maximum atomic E-state index is 5.12. The van der Waals surface area contributed by atoms with Gasteiger partial charge in [0.2, 0.25) is 0 Å². The van der Waals surface area contributed by atoms with E-state index in [2.05, 4.69) is 74.9 Å². The summed E-state index contributed by atoms with van der Waals surface area (Å²) in [6, 6.07) is 14.8. The molecule has 0 unspecified atom stereocenters. The maximum absolute atomic E-state index is 5.12. The summed E-state index contributed by atoms with van der Waals surface area (Å²) < 4.78 is 10.2. The summed E-state index contributed by atoms with van der Waals surface area (Å²) in [5.41, 5.74) is 10.9. The van der Waals surface area contributed by atoms with Crippen LogP contribution in [0.4, 0.5) is 0 Å². The van der Waals surface area contributed by atoms with Gasteiger partial charge in [0.25, 0.3) is 0 Å². The predicted octanol–water partition coefficient (Wildman–Crippen LogP) is 20.2. The smallest absolute Gasteiger partial charge is 0.114 e. The molecule has 332 valence electrons. The molecule has 6 aromatic rings. The molecule has 0 spiro atoms. The number of unbranched alkanes of at least 4 members (excludes halogenated alkanes) is 20. The van der Waals surface area contributed by atoms with Gasteiger partial charge in [0.05, 0.1) is 11.7 Å². The second-order valence-electron chi connectivity index (χ2n) is 17.7. The number of fused-ring (bicyclic) bond motifs is 1. The summed E-state index contributed by atoms with van der Waals surface area (Å²) in [5.74, 6) is 0. The molecule has 0 amide bonds. The van der Waals surface area contributed by atoms with E-state index in [9.17, 15) is 0 Å². The molecular formula is C54H76N2S5. The quantitative estimate of drug-likeness (QED) is 0.0394. The number of hydrogen-bond acceptors (Lipinski definition) is 7. The minimum atomic E-state index is 1.10. The van der Waals surface area contributed by atoms with Crippen LogP contribution in [0.3, 0.4) is 0 Å². The summed E-state index contributed by atoms with van der Waals surface area (Å²) in [6.07, 6.45) is 36.6. The van der Waals surface area contributed by atoms with Crippen LogP contribution in [-0.4, -0.2) is 8.75 Å². The Balaban J connectivity index is 1.30. The Hall–Kier alpha value is -2.16. The van der Waals surface area contributed by atoms with E-state index >= 15 is 0 Å². The standard InChI is InChI=1S/C54H76N2S5/c1-5-9-13-17-21-25-29-41-35-37-57-53(41)47-39-43(31-27-23-19-15-11-7-3)51(59-47)45-33-34-46(50-49(45)55-61-56-50)52-44(32-28-24-20-16-12-8-4)40-48(60-52)54-42(36-38-58-54)30-26-22-18-14-10-6-2/h33-40H,5-32H2,1-4H3. The lowest BCUT2D eigenvalue weighted by Gasteiger charge is -2.09. The minimum absolute atomic E-state index is 1.10. The van der Waals surface area contributed by atoms with Crippen molar-refractivity contribution in [3.63, 3.8) is 0 Å². The highest BCUT2D eigenvalue weighted by Crippen LogP contribution is 2.48. The molecule has 6 rings (SSSR count). The normalized spacial score (nSPS) is 11.8. The lowest BCUT2D eigenvalue weighted by molar-refractivity contribution is 0.608. The Morgan fingerprint density at radius 3 is 1.05 bits per heavy atom. The monoisotopic (exact) mass is 912 g/mol. The van der Waals surface area contributed by atoms with Crippen molar-refractivity contribution in [3.05, 3.63) is 69.4 Å². The van der Waals surface area contributed by atoms with Crippen LogP contribution >= 0.6 is 57.1 Å². The predicted molar refractivity (Wildman–Crippen MR) is 279 cm³/mol. The fraction of sp³-hybridized carbons (Fsp3) is 0.593. The van der Waals surface area contributed by atoms with Crippen molar-refractivity contribution in [1.82, 2.24) is 8.75 Å². The molecule has 0 aliphatic heterocycles. The molecular weight excluding hydrogens is 837 g/mol. The molecule has 0 fully saturated rings. The van der Waals surface area contributed by atoms with Crippen LogP contribution in [0.1, 0.15) is 204 Å². The fourth-order valence-electron chi connectivity index (χ4n) is 9.02. The molecule has 2 nitrogen and oxygen atoms in total. The SMILES string of the molecule is CCCCCCCCc1ccsc1-c1cc(CCCCCCCC)c(-c2ccc(-c3sc(-c4sccc4CCCCCCCC)cc3CCCCCCCC)c3nsnc23)s1. The van der Waals surface area contributed by atoms with Crippen LogP contribution in [0.5, 0.6) is 0 Å². The van der Waals surface area contributed by atoms with E-state index in [1.54, 1.807) is 11.1 Å². The summed E-state index contributed by atoms with van der Waals surface area (Å²) in [7, 11) is 0. The number of aryl methyl sites for hydroxylation is 4. The molecule has 0 atom stereocenters. The van der Waals surface area contributed by atoms with Crippen LogP contribution in [-0.2, 0) is 25.7 Å². The molecule has 0 radical (unpaired) electrons. The van der Waals surface area contributed by atoms with Gasteiger partial charge in [0.1, 0.15) is 11.0 Å². The zero-order valence-corrected chi connectivity index (χ0v) is 42.4. The van der Waals surface area contributed by atoms with Gasteiger partial charge in [0.15, 0.2) is 0 Å². The average Bonchev–Trinajstić information content (AvgIpc) is 4.13. The second kappa shape index (κ2) is 27.2. The first kappa shape index (κ1) is 48.3. The molecule has 0 aliphatic rings. The average molecular weight is 914 g/mol. The first-order valence-corrected chi connectivity index (χ1v) is 28.9. The van der Waals surface area contributed by atoms with Crippen molar-refractivity contribution in [2.24, 2.45) is 0 Å². The molecule has 61 heavy (non-hydrogen) atoms.